The molecular weight excluding hydrogens is 360 g/mol. The van der Waals surface area contributed by atoms with Crippen LogP contribution >= 0.6 is 24.0 Å². The zero-order chi connectivity index (χ0) is 18.6. The fourth-order valence-electron chi connectivity index (χ4n) is 2.39. The van der Waals surface area contributed by atoms with E-state index < -0.39 is 23.8 Å². The van der Waals surface area contributed by atoms with E-state index in [4.69, 9.17) is 18.0 Å². The molecule has 1 saturated heterocycles. The first-order valence-corrected chi connectivity index (χ1v) is 8.93. The third-order valence-corrected chi connectivity index (χ3v) is 5.10. The van der Waals surface area contributed by atoms with Crippen LogP contribution in [0.1, 0.15) is 30.9 Å². The lowest BCUT2D eigenvalue weighted by molar-refractivity contribution is -0.145. The van der Waals surface area contributed by atoms with Crippen LogP contribution in [-0.2, 0) is 20.8 Å². The second-order valence-corrected chi connectivity index (χ2v) is 7.18. The van der Waals surface area contributed by atoms with Gasteiger partial charge in [-0.1, -0.05) is 55.2 Å². The number of hydrogen-bond acceptors (Lipinski definition) is 5. The van der Waals surface area contributed by atoms with Gasteiger partial charge >= 0.3 is 5.97 Å². The molecule has 1 aromatic carbocycles. The first-order valence-electron chi connectivity index (χ1n) is 7.70. The summed E-state index contributed by atoms with van der Waals surface area (Å²) in [6.07, 6.45) is 2.40. The van der Waals surface area contributed by atoms with Gasteiger partial charge in [-0.2, -0.15) is 0 Å². The number of primary amides is 1. The molecule has 0 bridgehead atoms. The molecule has 0 radical (unpaired) electrons. The van der Waals surface area contributed by atoms with E-state index in [1.54, 1.807) is 6.08 Å². The predicted molar refractivity (Wildman–Crippen MR) is 101 cm³/mol. The maximum absolute atomic E-state index is 12.6. The maximum Gasteiger partial charge on any atom is 0.326 e. The number of carboxylic acid groups (broad SMARTS) is 1. The number of thiocarbonyl (C=S) groups is 1. The molecule has 0 aliphatic carbocycles. The number of carbonyl (C=O) groups excluding carboxylic acids is 2. The highest BCUT2D eigenvalue weighted by Gasteiger charge is 2.40. The first kappa shape index (κ1) is 19.1. The minimum Gasteiger partial charge on any atom is -0.480 e. The Morgan fingerprint density at radius 1 is 1.36 bits per heavy atom. The van der Waals surface area contributed by atoms with Crippen LogP contribution in [0.15, 0.2) is 29.2 Å². The van der Waals surface area contributed by atoms with E-state index in [9.17, 15) is 19.5 Å². The van der Waals surface area contributed by atoms with Crippen molar-refractivity contribution in [3.05, 3.63) is 40.3 Å². The summed E-state index contributed by atoms with van der Waals surface area (Å²) in [6.45, 7) is 2.05. The van der Waals surface area contributed by atoms with Crippen molar-refractivity contribution in [3.63, 3.8) is 0 Å². The van der Waals surface area contributed by atoms with Gasteiger partial charge in [-0.3, -0.25) is 14.5 Å². The third-order valence-electron chi connectivity index (χ3n) is 3.77. The van der Waals surface area contributed by atoms with Crippen molar-refractivity contribution < 1.29 is 19.5 Å². The van der Waals surface area contributed by atoms with Gasteiger partial charge in [-0.15, -0.1) is 0 Å². The van der Waals surface area contributed by atoms with Gasteiger partial charge < -0.3 is 10.8 Å². The van der Waals surface area contributed by atoms with E-state index >= 15 is 0 Å². The van der Waals surface area contributed by atoms with Crippen molar-refractivity contribution >= 4 is 52.2 Å². The molecule has 1 aliphatic heterocycles. The van der Waals surface area contributed by atoms with Gasteiger partial charge in [0.25, 0.3) is 5.91 Å². The third kappa shape index (κ3) is 4.67. The quantitative estimate of drug-likeness (QED) is 0.557. The normalized spacial score (nSPS) is 17.2. The summed E-state index contributed by atoms with van der Waals surface area (Å²) >= 11 is 6.23. The molecule has 1 aromatic rings. The van der Waals surface area contributed by atoms with Crippen LogP contribution in [0, 0.1) is 0 Å². The van der Waals surface area contributed by atoms with Crippen molar-refractivity contribution in [3.8, 4) is 0 Å². The fraction of sp³-hybridized carbons (Fsp3) is 0.294. The van der Waals surface area contributed by atoms with Crippen LogP contribution < -0.4 is 5.73 Å². The van der Waals surface area contributed by atoms with Gasteiger partial charge in [-0.25, -0.2) is 4.79 Å². The lowest BCUT2D eigenvalue weighted by Gasteiger charge is -2.22. The van der Waals surface area contributed by atoms with E-state index in [0.717, 1.165) is 28.6 Å². The van der Waals surface area contributed by atoms with Gasteiger partial charge in [-0.05, 0) is 30.0 Å². The van der Waals surface area contributed by atoms with Gasteiger partial charge in [0.15, 0.2) is 0 Å². The van der Waals surface area contributed by atoms with Crippen LogP contribution in [0.3, 0.4) is 0 Å². The number of nitrogens with two attached hydrogens (primary N) is 1. The van der Waals surface area contributed by atoms with E-state index in [2.05, 4.69) is 6.92 Å². The highest BCUT2D eigenvalue weighted by atomic mass is 32.2. The summed E-state index contributed by atoms with van der Waals surface area (Å²) in [5.41, 5.74) is 7.09. The zero-order valence-corrected chi connectivity index (χ0v) is 15.2. The zero-order valence-electron chi connectivity index (χ0n) is 13.6. The fourth-order valence-corrected chi connectivity index (χ4v) is 3.75. The largest absolute Gasteiger partial charge is 0.480 e. The number of carboxylic acids is 1. The number of benzene rings is 1. The van der Waals surface area contributed by atoms with Crippen molar-refractivity contribution in [1.29, 1.82) is 0 Å². The molecule has 1 atom stereocenters. The molecule has 3 N–H and O–H groups in total. The Balaban J connectivity index is 2.23. The maximum atomic E-state index is 12.6. The van der Waals surface area contributed by atoms with Gasteiger partial charge in [0.1, 0.15) is 10.4 Å². The van der Waals surface area contributed by atoms with E-state index in [0.29, 0.717) is 4.91 Å². The Bertz CT molecular complexity index is 744. The van der Waals surface area contributed by atoms with E-state index in [1.165, 1.54) is 5.56 Å². The Morgan fingerprint density at radius 2 is 2.00 bits per heavy atom. The van der Waals surface area contributed by atoms with Crippen LogP contribution in [0.5, 0.6) is 0 Å². The summed E-state index contributed by atoms with van der Waals surface area (Å²) < 4.78 is 0.165. The molecule has 2 amide bonds. The molecule has 0 aromatic heterocycles. The summed E-state index contributed by atoms with van der Waals surface area (Å²) in [5, 5.41) is 9.38. The molecular formula is C17H18N2O4S2. The van der Waals surface area contributed by atoms with Gasteiger partial charge in [0.2, 0.25) is 5.91 Å². The first-order chi connectivity index (χ1) is 11.8. The van der Waals surface area contributed by atoms with Gasteiger partial charge in [0.05, 0.1) is 4.91 Å². The van der Waals surface area contributed by atoms with Crippen molar-refractivity contribution in [2.45, 2.75) is 32.2 Å². The number of nitrogens with zero attached hydrogens (tertiary/aromatic N) is 1. The predicted octanol–water partition coefficient (Wildman–Crippen LogP) is 2.17. The number of thioether (sulfide) groups is 1. The Morgan fingerprint density at radius 3 is 2.52 bits per heavy atom. The van der Waals surface area contributed by atoms with Crippen molar-refractivity contribution in [2.24, 2.45) is 5.73 Å². The Hall–Kier alpha value is -2.19. The molecule has 132 valence electrons. The van der Waals surface area contributed by atoms with Crippen LogP contribution in [0.4, 0.5) is 0 Å². The molecule has 6 nitrogen and oxygen atoms in total. The monoisotopic (exact) mass is 378 g/mol. The van der Waals surface area contributed by atoms with Crippen LogP contribution in [-0.4, -0.2) is 38.2 Å². The second kappa shape index (κ2) is 8.26. The molecule has 1 aliphatic rings. The number of amides is 2. The summed E-state index contributed by atoms with van der Waals surface area (Å²) in [7, 11) is 0. The summed E-state index contributed by atoms with van der Waals surface area (Å²) in [4.78, 5) is 36.4. The van der Waals surface area contributed by atoms with E-state index in [-0.39, 0.29) is 17.2 Å². The summed E-state index contributed by atoms with van der Waals surface area (Å²) in [6, 6.07) is 6.53. The van der Waals surface area contributed by atoms with E-state index in [1.807, 2.05) is 24.3 Å². The van der Waals surface area contributed by atoms with Gasteiger partial charge in [0, 0.05) is 6.42 Å². The average molecular weight is 378 g/mol. The molecule has 25 heavy (non-hydrogen) atoms. The molecule has 1 heterocycles. The highest BCUT2D eigenvalue weighted by Crippen LogP contribution is 2.34. The minimum atomic E-state index is -1.22. The number of carbonyl (C=O) groups is 3. The molecule has 2 rings (SSSR count). The lowest BCUT2D eigenvalue weighted by Crippen LogP contribution is -2.44. The van der Waals surface area contributed by atoms with Crippen LogP contribution in [0.2, 0.25) is 0 Å². The Labute approximate surface area is 155 Å². The SMILES string of the molecule is CCc1ccc(/C=C2\SC(=S)N(C(CCC(N)=O)C(=O)O)C2=O)cc1. The lowest BCUT2D eigenvalue weighted by atomic mass is 10.1. The molecule has 1 fully saturated rings. The molecule has 0 saturated carbocycles. The summed E-state index contributed by atoms with van der Waals surface area (Å²) in [5.74, 6) is -2.30. The standard InChI is InChI=1S/C17H18N2O4S2/c1-2-10-3-5-11(6-4-10)9-13-15(21)19(17(24)25-13)12(16(22)23)7-8-14(18)20/h3-6,9,12H,2,7-8H2,1H3,(H2,18,20)(H,22,23)/b13-9-. The average Bonchev–Trinajstić information content (AvgIpc) is 2.83. The Kier molecular flexibility index (Phi) is 6.33. The minimum absolute atomic E-state index is 0.0738. The second-order valence-electron chi connectivity index (χ2n) is 5.51. The number of aliphatic carboxylic acids is 1. The number of rotatable bonds is 7. The smallest absolute Gasteiger partial charge is 0.326 e. The van der Waals surface area contributed by atoms with Crippen molar-refractivity contribution in [2.75, 3.05) is 0 Å². The number of aryl methyl sites for hydroxylation is 1. The number of hydrogen-bond donors (Lipinski definition) is 2. The van der Waals surface area contributed by atoms with Crippen LogP contribution in [0.25, 0.3) is 6.08 Å². The van der Waals surface area contributed by atoms with Crippen molar-refractivity contribution in [1.82, 2.24) is 4.90 Å². The molecule has 0 spiro atoms. The topological polar surface area (TPSA) is 101 Å². The molecule has 1 unspecified atom stereocenters. The molecule has 8 heteroatoms. The highest BCUT2D eigenvalue weighted by molar-refractivity contribution is 8.26.